The topological polar surface area (TPSA) is 35.5 Å². The Kier molecular flexibility index (Phi) is 3.22. The zero-order valence-electron chi connectivity index (χ0n) is 10.5. The summed E-state index contributed by atoms with van der Waals surface area (Å²) >= 11 is 0. The molecule has 0 amide bonds. The highest BCUT2D eigenvalue weighted by Gasteiger charge is 2.21. The molecule has 3 heteroatoms. The quantitative estimate of drug-likeness (QED) is 0.767. The van der Waals surface area contributed by atoms with E-state index in [1.807, 2.05) is 18.2 Å². The Balaban J connectivity index is 1.63. The number of ether oxygens (including phenoxy) is 2. The third kappa shape index (κ3) is 2.35. The molecule has 1 aliphatic carbocycles. The van der Waals surface area contributed by atoms with Crippen LogP contribution in [0.15, 0.2) is 18.2 Å². The van der Waals surface area contributed by atoms with Gasteiger partial charge in [-0.25, -0.2) is 4.79 Å². The van der Waals surface area contributed by atoms with Crippen molar-refractivity contribution in [2.24, 2.45) is 5.92 Å². The van der Waals surface area contributed by atoms with Crippen molar-refractivity contribution in [2.45, 2.75) is 38.7 Å². The van der Waals surface area contributed by atoms with Crippen molar-refractivity contribution in [2.75, 3.05) is 6.61 Å². The van der Waals surface area contributed by atoms with E-state index in [-0.39, 0.29) is 5.97 Å². The zero-order chi connectivity index (χ0) is 12.4. The third-order valence-corrected chi connectivity index (χ3v) is 3.87. The minimum absolute atomic E-state index is 0.229. The summed E-state index contributed by atoms with van der Waals surface area (Å²) in [6.45, 7) is 1.17. The highest BCUT2D eigenvalue weighted by atomic mass is 16.5. The molecule has 1 aromatic rings. The van der Waals surface area contributed by atoms with Gasteiger partial charge in [-0.05, 0) is 30.9 Å². The molecular weight excluding hydrogens is 228 g/mol. The van der Waals surface area contributed by atoms with Crippen LogP contribution in [-0.4, -0.2) is 12.6 Å². The smallest absolute Gasteiger partial charge is 0.339 e. The van der Waals surface area contributed by atoms with Gasteiger partial charge in [-0.2, -0.15) is 0 Å². The van der Waals surface area contributed by atoms with Crippen LogP contribution >= 0.6 is 0 Å². The molecule has 1 aliphatic heterocycles. The molecule has 3 rings (SSSR count). The second-order valence-electron chi connectivity index (χ2n) is 5.21. The first-order valence-corrected chi connectivity index (χ1v) is 6.76. The van der Waals surface area contributed by atoms with Gasteiger partial charge in [0.25, 0.3) is 0 Å². The van der Waals surface area contributed by atoms with Crippen LogP contribution in [-0.2, 0) is 11.3 Å². The fraction of sp³-hybridized carbons (Fsp3) is 0.533. The summed E-state index contributed by atoms with van der Waals surface area (Å²) in [5.74, 6) is 1.24. The number of hydrogen-bond donors (Lipinski definition) is 0. The van der Waals surface area contributed by atoms with E-state index in [4.69, 9.17) is 9.47 Å². The minimum Gasteiger partial charge on any atom is -0.493 e. The van der Waals surface area contributed by atoms with E-state index in [2.05, 4.69) is 0 Å². The Bertz CT molecular complexity index is 447. The maximum absolute atomic E-state index is 11.4. The molecule has 1 saturated carbocycles. The lowest BCUT2D eigenvalue weighted by atomic mass is 9.90. The molecular formula is C15H18O3. The Morgan fingerprint density at radius 3 is 2.89 bits per heavy atom. The average molecular weight is 246 g/mol. The normalized spacial score (nSPS) is 19.4. The summed E-state index contributed by atoms with van der Waals surface area (Å²) in [5.41, 5.74) is 1.63. The standard InChI is InChI=1S/C15H18O3/c16-15-14-8-13(7-6-12(14)10-18-15)17-9-11-4-2-1-3-5-11/h6-8,11H,1-5,9-10H2. The van der Waals surface area contributed by atoms with Crippen LogP contribution in [0.5, 0.6) is 5.75 Å². The lowest BCUT2D eigenvalue weighted by Gasteiger charge is -2.21. The molecule has 0 atom stereocenters. The highest BCUT2D eigenvalue weighted by Crippen LogP contribution is 2.27. The first kappa shape index (κ1) is 11.6. The Labute approximate surface area is 107 Å². The lowest BCUT2D eigenvalue weighted by Crippen LogP contribution is -2.15. The van der Waals surface area contributed by atoms with Crippen molar-refractivity contribution in [3.63, 3.8) is 0 Å². The van der Waals surface area contributed by atoms with Gasteiger partial charge in [-0.15, -0.1) is 0 Å². The van der Waals surface area contributed by atoms with E-state index < -0.39 is 0 Å². The van der Waals surface area contributed by atoms with Crippen molar-refractivity contribution in [1.29, 1.82) is 0 Å². The molecule has 2 aliphatic rings. The molecule has 0 unspecified atom stereocenters. The number of rotatable bonds is 3. The summed E-state index contributed by atoms with van der Waals surface area (Å²) in [4.78, 5) is 11.4. The van der Waals surface area contributed by atoms with E-state index in [9.17, 15) is 4.79 Å². The molecule has 0 bridgehead atoms. The Morgan fingerprint density at radius 2 is 2.06 bits per heavy atom. The zero-order valence-corrected chi connectivity index (χ0v) is 10.5. The van der Waals surface area contributed by atoms with E-state index >= 15 is 0 Å². The van der Waals surface area contributed by atoms with Crippen molar-refractivity contribution in [3.05, 3.63) is 29.3 Å². The maximum Gasteiger partial charge on any atom is 0.339 e. The predicted molar refractivity (Wildman–Crippen MR) is 67.6 cm³/mol. The van der Waals surface area contributed by atoms with Gasteiger partial charge in [0.2, 0.25) is 0 Å². The van der Waals surface area contributed by atoms with Gasteiger partial charge in [0, 0.05) is 5.56 Å². The van der Waals surface area contributed by atoms with Crippen molar-refractivity contribution < 1.29 is 14.3 Å². The van der Waals surface area contributed by atoms with Crippen LogP contribution in [0.3, 0.4) is 0 Å². The van der Waals surface area contributed by atoms with Crippen LogP contribution in [0.4, 0.5) is 0 Å². The lowest BCUT2D eigenvalue weighted by molar-refractivity contribution is 0.0535. The SMILES string of the molecule is O=C1OCc2ccc(OCC3CCCCC3)cc21. The van der Waals surface area contributed by atoms with Gasteiger partial charge < -0.3 is 9.47 Å². The monoisotopic (exact) mass is 246 g/mol. The van der Waals surface area contributed by atoms with Crippen LogP contribution < -0.4 is 4.74 Å². The number of carbonyl (C=O) groups excluding carboxylic acids is 1. The summed E-state index contributed by atoms with van der Waals surface area (Å²) < 4.78 is 10.8. The molecule has 1 aromatic carbocycles. The van der Waals surface area contributed by atoms with Gasteiger partial charge in [0.05, 0.1) is 12.2 Å². The van der Waals surface area contributed by atoms with Crippen LogP contribution in [0.25, 0.3) is 0 Å². The van der Waals surface area contributed by atoms with Gasteiger partial charge >= 0.3 is 5.97 Å². The van der Waals surface area contributed by atoms with Crippen molar-refractivity contribution in [3.8, 4) is 5.75 Å². The largest absolute Gasteiger partial charge is 0.493 e. The van der Waals surface area contributed by atoms with E-state index in [1.165, 1.54) is 32.1 Å². The fourth-order valence-corrected chi connectivity index (χ4v) is 2.75. The molecule has 1 fully saturated rings. The molecule has 3 nitrogen and oxygen atoms in total. The molecule has 1 heterocycles. The van der Waals surface area contributed by atoms with Crippen LogP contribution in [0.1, 0.15) is 48.0 Å². The number of fused-ring (bicyclic) bond motifs is 1. The van der Waals surface area contributed by atoms with E-state index in [0.29, 0.717) is 18.1 Å². The van der Waals surface area contributed by atoms with E-state index in [1.54, 1.807) is 0 Å². The maximum atomic E-state index is 11.4. The van der Waals surface area contributed by atoms with Gasteiger partial charge in [0.1, 0.15) is 12.4 Å². The molecule has 0 spiro atoms. The molecule has 18 heavy (non-hydrogen) atoms. The van der Waals surface area contributed by atoms with Crippen LogP contribution in [0.2, 0.25) is 0 Å². The second-order valence-corrected chi connectivity index (χ2v) is 5.21. The van der Waals surface area contributed by atoms with Crippen LogP contribution in [0, 0.1) is 5.92 Å². The number of benzene rings is 1. The average Bonchev–Trinajstić information content (AvgIpc) is 2.79. The fourth-order valence-electron chi connectivity index (χ4n) is 2.75. The van der Waals surface area contributed by atoms with Crippen molar-refractivity contribution >= 4 is 5.97 Å². The summed E-state index contributed by atoms with van der Waals surface area (Å²) in [6.07, 6.45) is 6.55. The third-order valence-electron chi connectivity index (χ3n) is 3.87. The molecule has 0 N–H and O–H groups in total. The molecule has 0 radical (unpaired) electrons. The minimum atomic E-state index is -0.229. The van der Waals surface area contributed by atoms with Crippen molar-refractivity contribution in [1.82, 2.24) is 0 Å². The first-order chi connectivity index (χ1) is 8.83. The number of cyclic esters (lactones) is 1. The number of esters is 1. The Hall–Kier alpha value is -1.51. The number of hydrogen-bond acceptors (Lipinski definition) is 3. The molecule has 0 saturated heterocycles. The van der Waals surface area contributed by atoms with E-state index in [0.717, 1.165) is 17.9 Å². The molecule has 96 valence electrons. The van der Waals surface area contributed by atoms with Gasteiger partial charge in [-0.3, -0.25) is 0 Å². The predicted octanol–water partition coefficient (Wildman–Crippen LogP) is 3.32. The first-order valence-electron chi connectivity index (χ1n) is 6.76. The highest BCUT2D eigenvalue weighted by molar-refractivity contribution is 5.93. The van der Waals surface area contributed by atoms with Gasteiger partial charge in [-0.1, -0.05) is 25.3 Å². The second kappa shape index (κ2) is 5.01. The van der Waals surface area contributed by atoms with Gasteiger partial charge in [0.15, 0.2) is 0 Å². The summed E-state index contributed by atoms with van der Waals surface area (Å²) in [5, 5.41) is 0. The Morgan fingerprint density at radius 1 is 1.22 bits per heavy atom. The summed E-state index contributed by atoms with van der Waals surface area (Å²) in [6, 6.07) is 5.67. The molecule has 0 aromatic heterocycles. The summed E-state index contributed by atoms with van der Waals surface area (Å²) in [7, 11) is 0. The number of carbonyl (C=O) groups is 1.